The number of carbonyl (C=O) groups is 2. The van der Waals surface area contributed by atoms with Crippen LogP contribution in [0.2, 0.25) is 0 Å². The number of Topliss-reactive ketones (excluding diaryl/α,β-unsaturated/α-hetero) is 1. The molecule has 0 aromatic heterocycles. The molecule has 2 aromatic carbocycles. The maximum absolute atomic E-state index is 12.8. The predicted molar refractivity (Wildman–Crippen MR) is 111 cm³/mol. The lowest BCUT2D eigenvalue weighted by Crippen LogP contribution is -2.29. The summed E-state index contributed by atoms with van der Waals surface area (Å²) in [6, 6.07) is 7.67. The second-order valence-corrected chi connectivity index (χ2v) is 8.50. The molecular formula is C21H22F3NO7S. The largest absolute Gasteiger partial charge is 0.497 e. The Kier molecular flexibility index (Phi) is 8.45. The van der Waals surface area contributed by atoms with Crippen molar-refractivity contribution in [3.05, 3.63) is 53.6 Å². The van der Waals surface area contributed by atoms with Crippen LogP contribution in [-0.2, 0) is 25.7 Å². The van der Waals surface area contributed by atoms with Gasteiger partial charge >= 0.3 is 12.1 Å². The molecule has 0 aliphatic heterocycles. The number of nitrogens with one attached hydrogen (secondary N) is 1. The molecule has 0 amide bonds. The number of hydrogen-bond donors (Lipinski definition) is 1. The SMILES string of the molecule is COc1ccc(C(=O)C(C)OC(=O)CCNS(=O)(=O)c2cccc(C(F)(F)F)c2)c(OC)c1. The van der Waals surface area contributed by atoms with Gasteiger partial charge in [0.1, 0.15) is 11.5 Å². The van der Waals surface area contributed by atoms with E-state index in [0.717, 1.165) is 18.2 Å². The Morgan fingerprint density at radius 1 is 1.06 bits per heavy atom. The van der Waals surface area contributed by atoms with Gasteiger partial charge in [0.2, 0.25) is 15.8 Å². The van der Waals surface area contributed by atoms with Gasteiger partial charge in [-0.25, -0.2) is 13.1 Å². The van der Waals surface area contributed by atoms with Crippen molar-refractivity contribution in [2.24, 2.45) is 0 Å². The third kappa shape index (κ3) is 6.93. The highest BCUT2D eigenvalue weighted by molar-refractivity contribution is 7.89. The fourth-order valence-corrected chi connectivity index (χ4v) is 3.82. The van der Waals surface area contributed by atoms with Crippen LogP contribution >= 0.6 is 0 Å². The molecule has 0 saturated carbocycles. The van der Waals surface area contributed by atoms with Crippen molar-refractivity contribution in [2.75, 3.05) is 20.8 Å². The summed E-state index contributed by atoms with van der Waals surface area (Å²) in [6.45, 7) is 0.904. The molecule has 1 unspecified atom stereocenters. The molecule has 0 fully saturated rings. The summed E-state index contributed by atoms with van der Waals surface area (Å²) in [4.78, 5) is 24.0. The van der Waals surface area contributed by atoms with E-state index in [1.807, 2.05) is 4.72 Å². The molecule has 8 nitrogen and oxygen atoms in total. The van der Waals surface area contributed by atoms with Crippen LogP contribution in [0.4, 0.5) is 13.2 Å². The molecule has 0 bridgehead atoms. The first-order chi connectivity index (χ1) is 15.4. The number of ketones is 1. The van der Waals surface area contributed by atoms with Gasteiger partial charge in [-0.3, -0.25) is 9.59 Å². The van der Waals surface area contributed by atoms with Gasteiger partial charge in [-0.15, -0.1) is 0 Å². The number of methoxy groups -OCH3 is 2. The minimum absolute atomic E-state index is 0.156. The Balaban J connectivity index is 1.96. The normalized spacial score (nSPS) is 12.7. The molecule has 1 atom stereocenters. The average Bonchev–Trinajstić information content (AvgIpc) is 2.77. The van der Waals surface area contributed by atoms with Gasteiger partial charge in [0, 0.05) is 12.6 Å². The van der Waals surface area contributed by atoms with Crippen molar-refractivity contribution in [3.8, 4) is 11.5 Å². The fourth-order valence-electron chi connectivity index (χ4n) is 2.74. The Morgan fingerprint density at radius 2 is 1.76 bits per heavy atom. The summed E-state index contributed by atoms with van der Waals surface area (Å²) in [5.74, 6) is -0.750. The molecule has 33 heavy (non-hydrogen) atoms. The van der Waals surface area contributed by atoms with Crippen LogP contribution in [0.25, 0.3) is 0 Å². The molecule has 180 valence electrons. The van der Waals surface area contributed by atoms with Gasteiger partial charge in [0.05, 0.1) is 36.7 Å². The highest BCUT2D eigenvalue weighted by atomic mass is 32.2. The zero-order valence-corrected chi connectivity index (χ0v) is 18.7. The zero-order valence-electron chi connectivity index (χ0n) is 17.9. The molecule has 0 aliphatic carbocycles. The molecule has 12 heteroatoms. The van der Waals surface area contributed by atoms with E-state index < -0.39 is 57.5 Å². The molecule has 0 aliphatic rings. The molecule has 0 saturated heterocycles. The van der Waals surface area contributed by atoms with Crippen molar-refractivity contribution < 1.29 is 45.4 Å². The van der Waals surface area contributed by atoms with Crippen LogP contribution in [0.5, 0.6) is 11.5 Å². The lowest BCUT2D eigenvalue weighted by Gasteiger charge is -2.15. The maximum atomic E-state index is 12.8. The molecule has 2 aromatic rings. The smallest absolute Gasteiger partial charge is 0.416 e. The van der Waals surface area contributed by atoms with Crippen LogP contribution in [0.3, 0.4) is 0 Å². The van der Waals surface area contributed by atoms with Crippen molar-refractivity contribution in [2.45, 2.75) is 30.5 Å². The number of carbonyl (C=O) groups excluding carboxylic acids is 2. The first kappa shape index (κ1) is 26.1. The van der Waals surface area contributed by atoms with Gasteiger partial charge in [-0.05, 0) is 37.3 Å². The van der Waals surface area contributed by atoms with Crippen LogP contribution < -0.4 is 14.2 Å². The summed E-state index contributed by atoms with van der Waals surface area (Å²) in [5, 5.41) is 0. The Morgan fingerprint density at radius 3 is 2.36 bits per heavy atom. The van der Waals surface area contributed by atoms with Gasteiger partial charge in [-0.2, -0.15) is 13.2 Å². The topological polar surface area (TPSA) is 108 Å². The Labute approximate surface area is 188 Å². The maximum Gasteiger partial charge on any atom is 0.416 e. The lowest BCUT2D eigenvalue weighted by molar-refractivity contribution is -0.146. The fraction of sp³-hybridized carbons (Fsp3) is 0.333. The monoisotopic (exact) mass is 489 g/mol. The highest BCUT2D eigenvalue weighted by Crippen LogP contribution is 2.30. The number of benzene rings is 2. The van der Waals surface area contributed by atoms with E-state index in [1.54, 1.807) is 0 Å². The molecule has 1 N–H and O–H groups in total. The zero-order chi connectivity index (χ0) is 24.8. The van der Waals surface area contributed by atoms with Crippen molar-refractivity contribution >= 4 is 21.8 Å². The summed E-state index contributed by atoms with van der Waals surface area (Å²) < 4.78 is 80.1. The molecule has 2 rings (SSSR count). The average molecular weight is 489 g/mol. The number of esters is 1. The van der Waals surface area contributed by atoms with Crippen LogP contribution in [0.15, 0.2) is 47.4 Å². The summed E-state index contributed by atoms with van der Waals surface area (Å²) in [6.07, 6.45) is -6.35. The van der Waals surface area contributed by atoms with Crippen molar-refractivity contribution in [1.82, 2.24) is 4.72 Å². The van der Waals surface area contributed by atoms with Crippen molar-refractivity contribution in [1.29, 1.82) is 0 Å². The molecular weight excluding hydrogens is 467 g/mol. The predicted octanol–water partition coefficient (Wildman–Crippen LogP) is 3.21. The summed E-state index contributed by atoms with van der Waals surface area (Å²) >= 11 is 0. The number of sulfonamides is 1. The number of rotatable bonds is 10. The van der Waals surface area contributed by atoms with E-state index in [-0.39, 0.29) is 11.3 Å². The minimum atomic E-state index is -4.70. The number of ether oxygens (including phenoxy) is 3. The second-order valence-electron chi connectivity index (χ2n) is 6.74. The van der Waals surface area contributed by atoms with E-state index in [0.29, 0.717) is 11.8 Å². The van der Waals surface area contributed by atoms with Gasteiger partial charge in [0.25, 0.3) is 0 Å². The van der Waals surface area contributed by atoms with Gasteiger partial charge in [-0.1, -0.05) is 6.07 Å². The van der Waals surface area contributed by atoms with Crippen LogP contribution in [0, 0.1) is 0 Å². The quantitative estimate of drug-likeness (QED) is 0.403. The molecule has 0 spiro atoms. The second kappa shape index (κ2) is 10.7. The highest BCUT2D eigenvalue weighted by Gasteiger charge is 2.31. The Hall–Kier alpha value is -3.12. The van der Waals surface area contributed by atoms with Crippen LogP contribution in [0.1, 0.15) is 29.3 Å². The first-order valence-corrected chi connectivity index (χ1v) is 11.0. The van der Waals surface area contributed by atoms with E-state index in [4.69, 9.17) is 14.2 Å². The van der Waals surface area contributed by atoms with E-state index in [9.17, 15) is 31.2 Å². The molecule has 0 heterocycles. The minimum Gasteiger partial charge on any atom is -0.497 e. The first-order valence-electron chi connectivity index (χ1n) is 9.51. The van der Waals surface area contributed by atoms with E-state index >= 15 is 0 Å². The number of alkyl halides is 3. The number of halogens is 3. The Bertz CT molecular complexity index is 1120. The third-order valence-electron chi connectivity index (χ3n) is 4.44. The van der Waals surface area contributed by atoms with Gasteiger partial charge < -0.3 is 14.2 Å². The number of hydrogen-bond acceptors (Lipinski definition) is 7. The molecule has 0 radical (unpaired) electrons. The summed E-state index contributed by atoms with van der Waals surface area (Å²) in [7, 11) is -1.49. The van der Waals surface area contributed by atoms with E-state index in [2.05, 4.69) is 0 Å². The van der Waals surface area contributed by atoms with Crippen molar-refractivity contribution in [3.63, 3.8) is 0 Å². The standard InChI is InChI=1S/C21H22F3NO7S/c1-13(20(27)17-8-7-15(30-2)12-18(17)31-3)32-19(26)9-10-25-33(28,29)16-6-4-5-14(11-16)21(22,23)24/h4-8,11-13,25H,9-10H2,1-3H3. The van der Waals surface area contributed by atoms with Gasteiger partial charge in [0.15, 0.2) is 6.10 Å². The third-order valence-corrected chi connectivity index (χ3v) is 5.90. The lowest BCUT2D eigenvalue weighted by atomic mass is 10.1. The summed E-state index contributed by atoms with van der Waals surface area (Å²) in [5.41, 5.74) is -0.963. The van der Waals surface area contributed by atoms with Crippen LogP contribution in [-0.4, -0.2) is 47.0 Å². The van der Waals surface area contributed by atoms with E-state index in [1.165, 1.54) is 39.3 Å².